The van der Waals surface area contributed by atoms with Crippen molar-refractivity contribution < 1.29 is 14.3 Å². The number of hydrogen-bond donors (Lipinski definition) is 0. The van der Waals surface area contributed by atoms with Crippen LogP contribution in [0.1, 0.15) is 44.0 Å². The van der Waals surface area contributed by atoms with E-state index in [2.05, 4.69) is 15.1 Å². The summed E-state index contributed by atoms with van der Waals surface area (Å²) >= 11 is 0. The molecule has 0 bridgehead atoms. The van der Waals surface area contributed by atoms with Crippen LogP contribution in [-0.4, -0.2) is 37.1 Å². The molecule has 8 heteroatoms. The molecule has 0 aliphatic carbocycles. The van der Waals surface area contributed by atoms with Gasteiger partial charge in [-0.2, -0.15) is 10.4 Å². The van der Waals surface area contributed by atoms with Crippen LogP contribution in [0, 0.1) is 11.3 Å². The molecule has 0 spiro atoms. The van der Waals surface area contributed by atoms with Crippen LogP contribution in [0.25, 0.3) is 22.0 Å². The van der Waals surface area contributed by atoms with Crippen molar-refractivity contribution in [2.45, 2.75) is 46.3 Å². The molecule has 0 saturated carbocycles. The smallest absolute Gasteiger partial charge is 0.328 e. The normalized spacial score (nSPS) is 11.3. The number of fused-ring (bicyclic) bond motifs is 1. The van der Waals surface area contributed by atoms with Gasteiger partial charge in [0.15, 0.2) is 5.78 Å². The molecule has 0 radical (unpaired) electrons. The number of carbonyl (C=O) groups is 2. The van der Waals surface area contributed by atoms with E-state index in [1.54, 1.807) is 39.2 Å². The van der Waals surface area contributed by atoms with Gasteiger partial charge in [-0.15, -0.1) is 0 Å². The number of carbonyl (C=O) groups excluding carboxylic acids is 2. The molecule has 0 N–H and O–H groups in total. The van der Waals surface area contributed by atoms with Gasteiger partial charge in [0.05, 0.1) is 18.0 Å². The molecule has 0 unspecified atom stereocenters. The highest BCUT2D eigenvalue weighted by Crippen LogP contribution is 2.26. The third kappa shape index (κ3) is 4.63. The Morgan fingerprint density at radius 1 is 1.17 bits per heavy atom. The second-order valence-corrected chi connectivity index (χ2v) is 7.60. The van der Waals surface area contributed by atoms with Gasteiger partial charge in [0, 0.05) is 30.3 Å². The van der Waals surface area contributed by atoms with E-state index in [1.165, 1.54) is 11.6 Å². The zero-order valence-electron chi connectivity index (χ0n) is 16.8. The van der Waals surface area contributed by atoms with Crippen molar-refractivity contribution in [3.63, 3.8) is 0 Å². The van der Waals surface area contributed by atoms with Crippen LogP contribution < -0.4 is 0 Å². The van der Waals surface area contributed by atoms with Crippen LogP contribution in [0.15, 0.2) is 30.6 Å². The number of nitrogens with zero attached hydrogens (tertiary/aromatic N) is 5. The average Bonchev–Trinajstić information content (AvgIpc) is 2.99. The highest BCUT2D eigenvalue weighted by Gasteiger charge is 2.20. The maximum atomic E-state index is 12.2. The summed E-state index contributed by atoms with van der Waals surface area (Å²) in [6, 6.07) is 7.49. The lowest BCUT2D eigenvalue weighted by atomic mass is 10.0. The standard InChI is InChI=1S/C21H21N5O3/c1-13(27)20-16-9-14(15-10-23-18(7-8-22)24-11-15)5-6-17(16)26(25-20)12-19(28)29-21(2,3)4/h5-6,9-11H,7,12H2,1-4H3. The molecule has 0 atom stereocenters. The minimum atomic E-state index is -0.603. The summed E-state index contributed by atoms with van der Waals surface area (Å²) in [4.78, 5) is 32.7. The van der Waals surface area contributed by atoms with Crippen molar-refractivity contribution in [1.29, 1.82) is 5.26 Å². The van der Waals surface area contributed by atoms with Crippen LogP contribution in [-0.2, 0) is 22.5 Å². The number of aromatic nitrogens is 4. The SMILES string of the molecule is CC(=O)c1nn(CC(=O)OC(C)(C)C)c2ccc(-c3cnc(CC#N)nc3)cc12. The first-order chi connectivity index (χ1) is 13.7. The first-order valence-electron chi connectivity index (χ1n) is 9.09. The summed E-state index contributed by atoms with van der Waals surface area (Å²) in [7, 11) is 0. The number of nitriles is 1. The van der Waals surface area contributed by atoms with E-state index in [0.717, 1.165) is 11.1 Å². The first-order valence-corrected chi connectivity index (χ1v) is 9.09. The first kappa shape index (κ1) is 20.1. The van der Waals surface area contributed by atoms with Gasteiger partial charge in [-0.25, -0.2) is 9.97 Å². The number of benzene rings is 1. The Balaban J connectivity index is 1.99. The highest BCUT2D eigenvalue weighted by atomic mass is 16.6. The molecule has 0 amide bonds. The number of hydrogen-bond acceptors (Lipinski definition) is 7. The second-order valence-electron chi connectivity index (χ2n) is 7.60. The predicted octanol–water partition coefficient (Wildman–Crippen LogP) is 3.10. The van der Waals surface area contributed by atoms with Gasteiger partial charge in [-0.3, -0.25) is 14.3 Å². The Morgan fingerprint density at radius 2 is 1.86 bits per heavy atom. The maximum absolute atomic E-state index is 12.2. The van der Waals surface area contributed by atoms with E-state index in [9.17, 15) is 9.59 Å². The molecule has 148 valence electrons. The van der Waals surface area contributed by atoms with Gasteiger partial charge in [-0.1, -0.05) is 6.07 Å². The minimum Gasteiger partial charge on any atom is -0.459 e. The van der Waals surface area contributed by atoms with E-state index < -0.39 is 11.6 Å². The predicted molar refractivity (Wildman–Crippen MR) is 106 cm³/mol. The Morgan fingerprint density at radius 3 is 2.45 bits per heavy atom. The van der Waals surface area contributed by atoms with Crippen molar-refractivity contribution in [2.75, 3.05) is 0 Å². The molecule has 2 heterocycles. The Hall–Kier alpha value is -3.60. The van der Waals surface area contributed by atoms with Gasteiger partial charge in [-0.05, 0) is 38.5 Å². The third-order valence-electron chi connectivity index (χ3n) is 4.06. The minimum absolute atomic E-state index is 0.0909. The molecule has 8 nitrogen and oxygen atoms in total. The van der Waals surface area contributed by atoms with Crippen LogP contribution >= 0.6 is 0 Å². The number of esters is 1. The van der Waals surface area contributed by atoms with E-state index in [0.29, 0.717) is 16.7 Å². The molecule has 0 fully saturated rings. The monoisotopic (exact) mass is 391 g/mol. The quantitative estimate of drug-likeness (QED) is 0.485. The highest BCUT2D eigenvalue weighted by molar-refractivity contribution is 6.06. The molecular weight excluding hydrogens is 370 g/mol. The fraction of sp³-hybridized carbons (Fsp3) is 0.333. The molecule has 0 aliphatic heterocycles. The summed E-state index contributed by atoms with van der Waals surface area (Å²) < 4.78 is 6.84. The van der Waals surface area contributed by atoms with E-state index in [-0.39, 0.29) is 24.4 Å². The molecular formula is C21H21N5O3. The molecule has 0 saturated heterocycles. The van der Waals surface area contributed by atoms with Crippen molar-refractivity contribution in [2.24, 2.45) is 0 Å². The summed E-state index contributed by atoms with van der Waals surface area (Å²) in [6.07, 6.45) is 3.42. The van der Waals surface area contributed by atoms with Gasteiger partial charge < -0.3 is 4.74 Å². The molecule has 1 aromatic carbocycles. The lowest BCUT2D eigenvalue weighted by molar-refractivity contribution is -0.155. The summed E-state index contributed by atoms with van der Waals surface area (Å²) in [6.45, 7) is 6.73. The van der Waals surface area contributed by atoms with Crippen LogP contribution in [0.5, 0.6) is 0 Å². The lowest BCUT2D eigenvalue weighted by Crippen LogP contribution is -2.26. The van der Waals surface area contributed by atoms with Crippen molar-refractivity contribution in [1.82, 2.24) is 19.7 Å². The van der Waals surface area contributed by atoms with Gasteiger partial charge in [0.25, 0.3) is 0 Å². The Bertz CT molecular complexity index is 1120. The van der Waals surface area contributed by atoms with Crippen molar-refractivity contribution >= 4 is 22.7 Å². The van der Waals surface area contributed by atoms with Gasteiger partial charge in [0.2, 0.25) is 0 Å². The Labute approximate surface area is 168 Å². The van der Waals surface area contributed by atoms with E-state index in [1.807, 2.05) is 18.2 Å². The zero-order valence-corrected chi connectivity index (χ0v) is 16.8. The fourth-order valence-corrected chi connectivity index (χ4v) is 2.90. The molecule has 2 aromatic heterocycles. The third-order valence-corrected chi connectivity index (χ3v) is 4.06. The summed E-state index contributed by atoms with van der Waals surface area (Å²) in [5.41, 5.74) is 1.90. The van der Waals surface area contributed by atoms with Crippen molar-refractivity contribution in [3.05, 3.63) is 42.1 Å². The average molecular weight is 391 g/mol. The zero-order chi connectivity index (χ0) is 21.2. The van der Waals surface area contributed by atoms with Crippen molar-refractivity contribution in [3.8, 4) is 17.2 Å². The van der Waals surface area contributed by atoms with E-state index >= 15 is 0 Å². The second kappa shape index (κ2) is 7.80. The number of rotatable bonds is 5. The van der Waals surface area contributed by atoms with Crippen LogP contribution in [0.4, 0.5) is 0 Å². The maximum Gasteiger partial charge on any atom is 0.328 e. The van der Waals surface area contributed by atoms with Gasteiger partial charge in [0.1, 0.15) is 23.7 Å². The van der Waals surface area contributed by atoms with Crippen LogP contribution in [0.2, 0.25) is 0 Å². The number of ketones is 1. The lowest BCUT2D eigenvalue weighted by Gasteiger charge is -2.19. The number of Topliss-reactive ketones (excluding diaryl/α,β-unsaturated/α-hetero) is 1. The summed E-state index contributed by atoms with van der Waals surface area (Å²) in [5.74, 6) is -0.176. The topological polar surface area (TPSA) is 111 Å². The summed E-state index contributed by atoms with van der Waals surface area (Å²) in [5, 5.41) is 13.7. The van der Waals surface area contributed by atoms with Gasteiger partial charge >= 0.3 is 5.97 Å². The fourth-order valence-electron chi connectivity index (χ4n) is 2.90. The molecule has 29 heavy (non-hydrogen) atoms. The van der Waals surface area contributed by atoms with E-state index in [4.69, 9.17) is 10.00 Å². The largest absolute Gasteiger partial charge is 0.459 e. The molecule has 3 rings (SSSR count). The Kier molecular flexibility index (Phi) is 5.41. The molecule has 0 aliphatic rings. The number of ether oxygens (including phenoxy) is 1. The molecule has 3 aromatic rings. The van der Waals surface area contributed by atoms with Crippen LogP contribution in [0.3, 0.4) is 0 Å².